The first-order valence-electron chi connectivity index (χ1n) is 12.1. The summed E-state index contributed by atoms with van der Waals surface area (Å²) in [6.07, 6.45) is 0. The average molecular weight is 830 g/mol. The summed E-state index contributed by atoms with van der Waals surface area (Å²) >= 11 is 21.5. The van der Waals surface area contributed by atoms with Gasteiger partial charge in [0.2, 0.25) is 0 Å². The lowest BCUT2D eigenvalue weighted by Crippen LogP contribution is -2.15. The van der Waals surface area contributed by atoms with Gasteiger partial charge >= 0.3 is 0 Å². The molecular weight excluding hydrogens is 809 g/mol. The normalized spacial score (nSPS) is 10.5. The molecule has 0 aliphatic heterocycles. The number of para-hydroxylation sites is 2. The van der Waals surface area contributed by atoms with Gasteiger partial charge in [-0.05, 0) is 106 Å². The molecule has 2 heterocycles. The van der Waals surface area contributed by atoms with Crippen molar-refractivity contribution in [1.29, 1.82) is 0 Å². The molecule has 0 aliphatic carbocycles. The van der Waals surface area contributed by atoms with Gasteiger partial charge in [-0.15, -0.1) is 0 Å². The molecule has 0 saturated heterocycles. The minimum atomic E-state index is -0.506. The van der Waals surface area contributed by atoms with Crippen molar-refractivity contribution in [2.24, 2.45) is 0 Å². The highest BCUT2D eigenvalue weighted by Gasteiger charge is 2.19. The van der Waals surface area contributed by atoms with Crippen LogP contribution in [0.25, 0.3) is 21.8 Å². The molecule has 6 rings (SSSR count). The monoisotopic (exact) mass is 828 g/mol. The zero-order chi connectivity index (χ0) is 29.7. The van der Waals surface area contributed by atoms with Crippen LogP contribution in [0.15, 0.2) is 84.9 Å². The van der Waals surface area contributed by atoms with E-state index in [0.29, 0.717) is 21.2 Å². The van der Waals surface area contributed by atoms with Crippen LogP contribution in [0.4, 0.5) is 0 Å². The van der Waals surface area contributed by atoms with Crippen LogP contribution >= 0.6 is 80.0 Å². The molecule has 4 aromatic carbocycles. The van der Waals surface area contributed by atoms with Crippen LogP contribution in [-0.4, -0.2) is 31.1 Å². The van der Waals surface area contributed by atoms with Gasteiger partial charge in [0.05, 0.1) is 32.2 Å². The number of nitrogens with one attached hydrogen (secondary N) is 1. The Labute approximate surface area is 278 Å². The maximum atomic E-state index is 12.7. The fourth-order valence-electron chi connectivity index (χ4n) is 4.00. The second kappa shape index (κ2) is 14.1. The van der Waals surface area contributed by atoms with Crippen molar-refractivity contribution >= 4 is 113 Å². The fourth-order valence-corrected chi connectivity index (χ4v) is 6.16. The Hall–Kier alpha value is -2.51. The number of aromatic amines is 1. The summed E-state index contributed by atoms with van der Waals surface area (Å²) in [7, 11) is 0. The van der Waals surface area contributed by atoms with Gasteiger partial charge in [0.15, 0.2) is 0 Å². The minimum Gasteiger partial charge on any atom is -0.276 e. The second-order valence-corrected chi connectivity index (χ2v) is 12.0. The number of carbonyl (C=O) groups excluding carboxylic acids is 2. The molecule has 1 N–H and O–H groups in total. The number of fused-ring (bicyclic) bond motifs is 2. The summed E-state index contributed by atoms with van der Waals surface area (Å²) in [6.45, 7) is 3.66. The summed E-state index contributed by atoms with van der Waals surface area (Å²) in [5.41, 5.74) is 4.37. The quantitative estimate of drug-likeness (QED) is 0.139. The van der Waals surface area contributed by atoms with E-state index in [-0.39, 0.29) is 5.91 Å². The van der Waals surface area contributed by atoms with E-state index in [1.54, 1.807) is 31.2 Å². The summed E-state index contributed by atoms with van der Waals surface area (Å²) in [4.78, 5) is 23.5. The van der Waals surface area contributed by atoms with Crippen molar-refractivity contribution in [2.45, 2.75) is 13.8 Å². The Morgan fingerprint density at radius 3 is 1.88 bits per heavy atom. The molecule has 0 radical (unpaired) electrons. The third-order valence-corrected chi connectivity index (χ3v) is 8.44. The zero-order valence-electron chi connectivity index (χ0n) is 21.6. The van der Waals surface area contributed by atoms with Crippen molar-refractivity contribution in [3.63, 3.8) is 0 Å². The molecule has 0 fully saturated rings. The predicted octanol–water partition coefficient (Wildman–Crippen LogP) is 9.49. The molecule has 0 spiro atoms. The smallest absolute Gasteiger partial charge is 0.276 e. The van der Waals surface area contributed by atoms with Gasteiger partial charge in [-0.25, -0.2) is 0 Å². The Kier molecular flexibility index (Phi) is 10.8. The highest BCUT2D eigenvalue weighted by Crippen LogP contribution is 2.25. The second-order valence-electron chi connectivity index (χ2n) is 8.72. The molecule has 6 aromatic rings. The number of hydrogen-bond acceptors (Lipinski definition) is 4. The average Bonchev–Trinajstić information content (AvgIpc) is 3.49. The van der Waals surface area contributed by atoms with E-state index in [1.807, 2.05) is 61.5 Å². The number of carbonyl (C=O) groups is 2. The number of hydrogen-bond donors (Lipinski definition) is 1. The first kappa shape index (κ1) is 31.4. The topological polar surface area (TPSA) is 80.6 Å². The van der Waals surface area contributed by atoms with E-state index in [9.17, 15) is 9.59 Å². The van der Waals surface area contributed by atoms with Crippen molar-refractivity contribution < 1.29 is 9.59 Å². The molecule has 6 nitrogen and oxygen atoms in total. The van der Waals surface area contributed by atoms with Gasteiger partial charge in [-0.1, -0.05) is 83.9 Å². The summed E-state index contributed by atoms with van der Waals surface area (Å²) in [5, 5.41) is 13.9. The van der Waals surface area contributed by atoms with Crippen LogP contribution in [0.5, 0.6) is 0 Å². The molecule has 0 atom stereocenters. The Morgan fingerprint density at radius 2 is 1.32 bits per heavy atom. The molecule has 208 valence electrons. The predicted molar refractivity (Wildman–Crippen MR) is 184 cm³/mol. The number of benzene rings is 4. The summed E-state index contributed by atoms with van der Waals surface area (Å²) in [6, 6.07) is 26.3. The number of aromatic nitrogens is 4. The summed E-state index contributed by atoms with van der Waals surface area (Å²) in [5.74, 6) is -0.202. The third kappa shape index (κ3) is 7.29. The first-order chi connectivity index (χ1) is 19.6. The number of aryl methyl sites for hydroxylation is 2. The van der Waals surface area contributed by atoms with Gasteiger partial charge < -0.3 is 0 Å². The van der Waals surface area contributed by atoms with Gasteiger partial charge in [-0.3, -0.25) is 14.7 Å². The van der Waals surface area contributed by atoms with E-state index < -0.39 is 5.24 Å². The number of nitrogens with zero attached hydrogens (tertiary/aromatic N) is 3. The Balaban J connectivity index is 0.000000156. The zero-order valence-corrected chi connectivity index (χ0v) is 28.2. The number of halogens is 5. The molecule has 0 aliphatic rings. The van der Waals surface area contributed by atoms with E-state index in [4.69, 9.17) is 34.8 Å². The van der Waals surface area contributed by atoms with Gasteiger partial charge in [0.25, 0.3) is 11.1 Å². The van der Waals surface area contributed by atoms with Crippen LogP contribution in [0.3, 0.4) is 0 Å². The maximum absolute atomic E-state index is 12.7. The molecular formula is C30H21Cl3I2N4O2. The van der Waals surface area contributed by atoms with Crippen LogP contribution in [0.1, 0.15) is 31.8 Å². The van der Waals surface area contributed by atoms with Crippen LogP contribution in [0.2, 0.25) is 10.0 Å². The van der Waals surface area contributed by atoms with Crippen molar-refractivity contribution in [2.75, 3.05) is 0 Å². The Morgan fingerprint density at radius 1 is 0.756 bits per heavy atom. The minimum absolute atomic E-state index is 0.202. The van der Waals surface area contributed by atoms with E-state index in [0.717, 1.165) is 34.9 Å². The van der Waals surface area contributed by atoms with Crippen molar-refractivity contribution in [1.82, 2.24) is 20.0 Å². The largest absolute Gasteiger partial charge is 0.280 e. The SMILES string of the molecule is Cc1cccc(Cl)c1C(=O)Cl.Cc1cccc(Cl)c1C(=O)n1nc(I)c2ccccc21.Ic1[nH]nc2ccccc12. The number of H-pyrrole nitrogens is 1. The van der Waals surface area contributed by atoms with Crippen LogP contribution < -0.4 is 0 Å². The maximum Gasteiger partial charge on any atom is 0.280 e. The first-order valence-corrected chi connectivity index (χ1v) is 15.4. The molecule has 0 saturated carbocycles. The van der Waals surface area contributed by atoms with E-state index in [1.165, 1.54) is 10.1 Å². The van der Waals surface area contributed by atoms with Crippen LogP contribution in [-0.2, 0) is 0 Å². The van der Waals surface area contributed by atoms with Crippen molar-refractivity contribution in [3.05, 3.63) is 125 Å². The van der Waals surface area contributed by atoms with Crippen molar-refractivity contribution in [3.8, 4) is 0 Å². The fraction of sp³-hybridized carbons (Fsp3) is 0.0667. The summed E-state index contributed by atoms with van der Waals surface area (Å²) < 4.78 is 3.33. The van der Waals surface area contributed by atoms with E-state index in [2.05, 4.69) is 66.5 Å². The van der Waals surface area contributed by atoms with Gasteiger partial charge in [0, 0.05) is 10.8 Å². The Bertz CT molecular complexity index is 1840. The lowest BCUT2D eigenvalue weighted by atomic mass is 10.1. The molecule has 41 heavy (non-hydrogen) atoms. The van der Waals surface area contributed by atoms with Crippen LogP contribution in [0, 0.1) is 21.2 Å². The molecule has 11 heteroatoms. The number of rotatable bonds is 2. The molecule has 0 unspecified atom stereocenters. The van der Waals surface area contributed by atoms with E-state index >= 15 is 0 Å². The molecule has 0 amide bonds. The lowest BCUT2D eigenvalue weighted by molar-refractivity contribution is 0.0949. The molecule has 0 bridgehead atoms. The lowest BCUT2D eigenvalue weighted by Gasteiger charge is -2.07. The third-order valence-electron chi connectivity index (χ3n) is 6.00. The standard InChI is InChI=1S/C15H10ClIN2O.C8H6Cl2O.C7H5IN2/c1-9-5-4-7-11(16)13(9)15(20)19-12-8-3-2-6-10(12)14(17)18-19;1-5-3-2-4-6(9)7(5)8(10)11;8-7-5-3-1-2-4-6(5)9-10-7/h2-8H,1H3;2-4H,1H3;1-4H,(H,9,10). The highest BCUT2D eigenvalue weighted by atomic mass is 127. The van der Waals surface area contributed by atoms with Gasteiger partial charge in [-0.2, -0.15) is 14.9 Å². The molecule has 2 aromatic heterocycles. The highest BCUT2D eigenvalue weighted by molar-refractivity contribution is 14.1. The van der Waals surface area contributed by atoms with Gasteiger partial charge in [0.1, 0.15) is 7.40 Å².